The summed E-state index contributed by atoms with van der Waals surface area (Å²) in [5, 5.41) is 1.45. The molecule has 3 rings (SSSR count). The minimum atomic E-state index is -3.49. The molecule has 124 valence electrons. The van der Waals surface area contributed by atoms with Gasteiger partial charge in [-0.25, -0.2) is 0 Å². The minimum absolute atomic E-state index is 0.244. The van der Waals surface area contributed by atoms with Gasteiger partial charge in [-0.05, 0) is 0 Å². The fourth-order valence-corrected chi connectivity index (χ4v) is 16.5. The van der Waals surface area contributed by atoms with Crippen molar-refractivity contribution in [3.05, 3.63) is 53.6 Å². The molecule has 2 aliphatic rings. The van der Waals surface area contributed by atoms with Crippen molar-refractivity contribution in [3.8, 4) is 0 Å². The molecule has 1 unspecified atom stereocenters. The molecule has 23 heavy (non-hydrogen) atoms. The van der Waals surface area contributed by atoms with Crippen LogP contribution in [0, 0.1) is 0 Å². The zero-order valence-electron chi connectivity index (χ0n) is 13.7. The average Bonchev–Trinajstić information content (AvgIpc) is 2.88. The van der Waals surface area contributed by atoms with Crippen LogP contribution in [-0.2, 0) is 13.4 Å². The van der Waals surface area contributed by atoms with E-state index in [-0.39, 0.29) is 3.72 Å². The normalized spacial score (nSPS) is 24.9. The van der Waals surface area contributed by atoms with Crippen molar-refractivity contribution < 1.29 is 13.4 Å². The van der Waals surface area contributed by atoms with Gasteiger partial charge in [0, 0.05) is 0 Å². The third kappa shape index (κ3) is 3.43. The summed E-state index contributed by atoms with van der Waals surface area (Å²) in [5.41, 5.74) is 2.94. The summed E-state index contributed by atoms with van der Waals surface area (Å²) in [6.07, 6.45) is 9.33. The molecule has 0 aromatic heterocycles. The van der Waals surface area contributed by atoms with Crippen LogP contribution >= 0.6 is 27.9 Å². The monoisotopic (exact) mass is 420 g/mol. The molecule has 0 fully saturated rings. The van der Waals surface area contributed by atoms with E-state index in [1.807, 2.05) is 0 Å². The van der Waals surface area contributed by atoms with E-state index >= 15 is 0 Å². The second-order valence-electron chi connectivity index (χ2n) is 7.44. The predicted octanol–water partition coefficient (Wildman–Crippen LogP) is 6.82. The van der Waals surface area contributed by atoms with Gasteiger partial charge in [-0.3, -0.25) is 0 Å². The molecule has 0 nitrogen and oxygen atoms in total. The van der Waals surface area contributed by atoms with Gasteiger partial charge >= 0.3 is 157 Å². The summed E-state index contributed by atoms with van der Waals surface area (Å²) in [5.74, 6) is 0. The van der Waals surface area contributed by atoms with Crippen LogP contribution in [-0.4, -0.2) is 8.07 Å². The fraction of sp³-hybridized carbons (Fsp3) is 0.444. The maximum atomic E-state index is 6.76. The van der Waals surface area contributed by atoms with Crippen molar-refractivity contribution in [1.82, 2.24) is 0 Å². The first-order valence-corrected chi connectivity index (χ1v) is 18.7. The van der Waals surface area contributed by atoms with Crippen LogP contribution in [0.3, 0.4) is 0 Å². The third-order valence-electron chi connectivity index (χ3n) is 5.40. The summed E-state index contributed by atoms with van der Waals surface area (Å²) in [4.78, 5) is 0. The Hall–Kier alpha value is 0.501. The molecule has 0 saturated heterocycles. The van der Waals surface area contributed by atoms with Crippen LogP contribution in [0.15, 0.2) is 53.6 Å². The van der Waals surface area contributed by atoms with Gasteiger partial charge in [0.05, 0.1) is 0 Å². The molecule has 0 spiro atoms. The number of halogens is 3. The second kappa shape index (κ2) is 6.67. The molecule has 0 N–H and O–H groups in total. The summed E-state index contributed by atoms with van der Waals surface area (Å²) < 4.78 is -0.244. The van der Waals surface area contributed by atoms with Crippen LogP contribution in [0.2, 0.25) is 22.9 Å². The maximum absolute atomic E-state index is 6.76. The second-order valence-corrected chi connectivity index (χ2v) is 24.5. The van der Waals surface area contributed by atoms with Crippen molar-refractivity contribution >= 4 is 41.2 Å². The van der Waals surface area contributed by atoms with E-state index < -0.39 is 21.5 Å². The number of hydrogen-bond donors (Lipinski definition) is 0. The van der Waals surface area contributed by atoms with Crippen molar-refractivity contribution in [2.75, 3.05) is 0 Å². The number of rotatable bonds is 4. The molecule has 0 amide bonds. The van der Waals surface area contributed by atoms with Gasteiger partial charge in [0.15, 0.2) is 0 Å². The zero-order valence-corrected chi connectivity index (χ0v) is 18.5. The summed E-state index contributed by atoms with van der Waals surface area (Å²) >= 11 is -3.49. The van der Waals surface area contributed by atoms with Crippen LogP contribution < -0.4 is 5.19 Å². The van der Waals surface area contributed by atoms with Gasteiger partial charge in [0.25, 0.3) is 0 Å². The van der Waals surface area contributed by atoms with Gasteiger partial charge in [0.1, 0.15) is 0 Å². The Bertz CT molecular complexity index is 646. The SMILES string of the molecule is C[Si](C)(C[C]1([Ti]([Cl])([Cl])[Cl])C=CC2=C1CCCC2)c1ccccc1. The van der Waals surface area contributed by atoms with Crippen LogP contribution in [0.4, 0.5) is 0 Å². The molecule has 0 bridgehead atoms. The Labute approximate surface area is 155 Å². The first-order chi connectivity index (χ1) is 10.8. The van der Waals surface area contributed by atoms with E-state index in [1.165, 1.54) is 29.2 Å². The molecule has 1 atom stereocenters. The van der Waals surface area contributed by atoms with Gasteiger partial charge in [0.2, 0.25) is 0 Å². The summed E-state index contributed by atoms with van der Waals surface area (Å²) in [6, 6.07) is 11.9. The molecule has 0 saturated carbocycles. The van der Waals surface area contributed by atoms with E-state index in [4.69, 9.17) is 27.9 Å². The molecule has 1 aromatic carbocycles. The molecular formula is C18H23Cl3SiTi. The predicted molar refractivity (Wildman–Crippen MR) is 103 cm³/mol. The summed E-state index contributed by atoms with van der Waals surface area (Å²) in [7, 11) is 18.6. The topological polar surface area (TPSA) is 0 Å². The number of benzene rings is 1. The third-order valence-corrected chi connectivity index (χ3v) is 16.0. The first-order valence-electron chi connectivity index (χ1n) is 8.30. The Kier molecular flexibility index (Phi) is 5.30. The molecule has 2 aliphatic carbocycles. The van der Waals surface area contributed by atoms with Crippen molar-refractivity contribution in [1.29, 1.82) is 0 Å². The van der Waals surface area contributed by atoms with Crippen LogP contribution in [0.25, 0.3) is 0 Å². The molecule has 0 aliphatic heterocycles. The van der Waals surface area contributed by atoms with Crippen LogP contribution in [0.5, 0.6) is 0 Å². The van der Waals surface area contributed by atoms with Crippen molar-refractivity contribution in [2.24, 2.45) is 0 Å². The summed E-state index contributed by atoms with van der Waals surface area (Å²) in [6.45, 7) is 4.83. The van der Waals surface area contributed by atoms with E-state index in [0.29, 0.717) is 0 Å². The van der Waals surface area contributed by atoms with Crippen molar-refractivity contribution in [2.45, 2.75) is 48.5 Å². The molecule has 0 radical (unpaired) electrons. The Morgan fingerprint density at radius 3 is 2.35 bits per heavy atom. The molecular weight excluding hydrogens is 399 g/mol. The van der Waals surface area contributed by atoms with Gasteiger partial charge in [-0.2, -0.15) is 0 Å². The van der Waals surface area contributed by atoms with E-state index in [1.54, 1.807) is 0 Å². The molecule has 1 aromatic rings. The Morgan fingerprint density at radius 1 is 1.04 bits per heavy atom. The van der Waals surface area contributed by atoms with E-state index in [0.717, 1.165) is 18.9 Å². The van der Waals surface area contributed by atoms with Gasteiger partial charge in [-0.1, -0.05) is 0 Å². The fourth-order valence-electron chi connectivity index (χ4n) is 4.19. The Morgan fingerprint density at radius 2 is 1.70 bits per heavy atom. The van der Waals surface area contributed by atoms with Gasteiger partial charge in [-0.15, -0.1) is 0 Å². The molecule has 0 heterocycles. The number of allylic oxidation sites excluding steroid dienone is 4. The Balaban J connectivity index is 2.03. The van der Waals surface area contributed by atoms with Crippen molar-refractivity contribution in [3.63, 3.8) is 0 Å². The number of hydrogen-bond acceptors (Lipinski definition) is 0. The van der Waals surface area contributed by atoms with Gasteiger partial charge < -0.3 is 0 Å². The first kappa shape index (κ1) is 18.3. The average molecular weight is 422 g/mol. The van der Waals surface area contributed by atoms with E-state index in [2.05, 4.69) is 55.6 Å². The zero-order chi connectivity index (χ0) is 16.7. The van der Waals surface area contributed by atoms with E-state index in [9.17, 15) is 0 Å². The molecule has 5 heteroatoms. The standard InChI is InChI=1S/C18H23Si.3ClH.Ti/c1-19(2,17-9-4-3-5-10-17)14-16-13-12-15-8-6-7-11-18(15)16;;;;/h3-5,9-10,12-13H,6-8,11,14H2,1-2H3;3*1H;/q;;;;+3/p-3. The quantitative estimate of drug-likeness (QED) is 0.468. The van der Waals surface area contributed by atoms with Crippen LogP contribution in [0.1, 0.15) is 25.7 Å².